The molecule has 2 aromatic rings. The van der Waals surface area contributed by atoms with E-state index in [2.05, 4.69) is 10.1 Å². The van der Waals surface area contributed by atoms with Crippen molar-refractivity contribution in [3.63, 3.8) is 0 Å². The molecular formula is C16H21Cl2NO4. The van der Waals surface area contributed by atoms with E-state index in [9.17, 15) is 4.79 Å². The van der Waals surface area contributed by atoms with Gasteiger partial charge in [0.2, 0.25) is 0 Å². The lowest BCUT2D eigenvalue weighted by atomic mass is 10.1. The molecule has 1 heterocycles. The summed E-state index contributed by atoms with van der Waals surface area (Å²) in [5.41, 5.74) is 1.44. The Morgan fingerprint density at radius 2 is 1.78 bits per heavy atom. The van der Waals surface area contributed by atoms with Crippen LogP contribution < -0.4 is 5.32 Å². The number of carbonyl (C=O) groups excluding carboxylic acids is 1. The lowest BCUT2D eigenvalue weighted by Gasteiger charge is -2.02. The summed E-state index contributed by atoms with van der Waals surface area (Å²) in [4.78, 5) is 11.4. The molecule has 0 aliphatic heterocycles. The van der Waals surface area contributed by atoms with Crippen molar-refractivity contribution >= 4 is 30.8 Å². The van der Waals surface area contributed by atoms with Crippen LogP contribution in [-0.4, -0.2) is 33.3 Å². The Balaban J connectivity index is 0.00000242. The molecular weight excluding hydrogens is 341 g/mol. The number of furan rings is 1. The third-order valence-corrected chi connectivity index (χ3v) is 3.03. The second-order valence-corrected chi connectivity index (χ2v) is 4.50. The second kappa shape index (κ2) is 11.1. The summed E-state index contributed by atoms with van der Waals surface area (Å²) in [6.45, 7) is 2.10. The molecule has 5 nitrogen and oxygen atoms in total. The summed E-state index contributed by atoms with van der Waals surface area (Å²) in [5.74, 6) is 1.29. The van der Waals surface area contributed by atoms with E-state index in [0.29, 0.717) is 18.7 Å². The van der Waals surface area contributed by atoms with E-state index in [1.54, 1.807) is 19.2 Å². The average Bonchev–Trinajstić information content (AvgIpc) is 3.00. The third kappa shape index (κ3) is 6.23. The van der Waals surface area contributed by atoms with E-state index in [1.165, 1.54) is 7.11 Å². The number of hydrogen-bond donors (Lipinski definition) is 1. The highest BCUT2D eigenvalue weighted by Crippen LogP contribution is 2.22. The first-order valence-corrected chi connectivity index (χ1v) is 6.71. The molecule has 128 valence electrons. The van der Waals surface area contributed by atoms with E-state index >= 15 is 0 Å². The van der Waals surface area contributed by atoms with Crippen LogP contribution in [0.2, 0.25) is 0 Å². The van der Waals surface area contributed by atoms with Gasteiger partial charge in [0.25, 0.3) is 0 Å². The Morgan fingerprint density at radius 1 is 1.09 bits per heavy atom. The molecule has 0 amide bonds. The smallest absolute Gasteiger partial charge is 0.337 e. The Morgan fingerprint density at radius 3 is 2.39 bits per heavy atom. The first-order valence-electron chi connectivity index (χ1n) is 6.71. The van der Waals surface area contributed by atoms with Crippen LogP contribution in [0.4, 0.5) is 0 Å². The van der Waals surface area contributed by atoms with Crippen LogP contribution in [0.15, 0.2) is 40.8 Å². The lowest BCUT2D eigenvalue weighted by Crippen LogP contribution is -2.18. The first-order chi connectivity index (χ1) is 10.2. The van der Waals surface area contributed by atoms with Gasteiger partial charge in [-0.2, -0.15) is 0 Å². The normalized spacial score (nSPS) is 9.65. The van der Waals surface area contributed by atoms with Gasteiger partial charge in [-0.05, 0) is 24.3 Å². The van der Waals surface area contributed by atoms with Gasteiger partial charge in [0.05, 0.1) is 25.8 Å². The van der Waals surface area contributed by atoms with Crippen LogP contribution in [0.3, 0.4) is 0 Å². The zero-order chi connectivity index (χ0) is 15.1. The minimum absolute atomic E-state index is 0. The fraction of sp³-hybridized carbons (Fsp3) is 0.312. The Labute approximate surface area is 148 Å². The van der Waals surface area contributed by atoms with Crippen molar-refractivity contribution in [2.75, 3.05) is 27.4 Å². The molecule has 0 saturated carbocycles. The van der Waals surface area contributed by atoms with E-state index in [0.717, 1.165) is 23.6 Å². The average molecular weight is 362 g/mol. The van der Waals surface area contributed by atoms with Crippen molar-refractivity contribution in [1.29, 1.82) is 0 Å². The predicted molar refractivity (Wildman–Crippen MR) is 93.6 cm³/mol. The van der Waals surface area contributed by atoms with Gasteiger partial charge < -0.3 is 19.2 Å². The molecule has 0 bridgehead atoms. The highest BCUT2D eigenvalue weighted by atomic mass is 35.5. The van der Waals surface area contributed by atoms with Gasteiger partial charge in [-0.3, -0.25) is 0 Å². The molecule has 0 radical (unpaired) electrons. The van der Waals surface area contributed by atoms with E-state index in [1.807, 2.05) is 24.3 Å². The zero-order valence-corrected chi connectivity index (χ0v) is 14.7. The predicted octanol–water partition coefficient (Wildman–Crippen LogP) is 3.31. The van der Waals surface area contributed by atoms with Crippen LogP contribution in [0, 0.1) is 0 Å². The Bertz CT molecular complexity index is 584. The SMILES string of the molecule is COCCNCc1ccc(-c2ccc(C(=O)OC)cc2)o1.Cl.Cl. The monoisotopic (exact) mass is 361 g/mol. The van der Waals surface area contributed by atoms with Gasteiger partial charge in [-0.25, -0.2) is 4.79 Å². The van der Waals surface area contributed by atoms with Crippen molar-refractivity contribution in [1.82, 2.24) is 5.32 Å². The number of halogens is 2. The molecule has 1 aromatic heterocycles. The number of hydrogen-bond acceptors (Lipinski definition) is 5. The minimum Gasteiger partial charge on any atom is -0.465 e. The molecule has 0 saturated heterocycles. The molecule has 0 unspecified atom stereocenters. The summed E-state index contributed by atoms with van der Waals surface area (Å²) in [6, 6.07) is 11.0. The zero-order valence-electron chi connectivity index (χ0n) is 13.0. The highest BCUT2D eigenvalue weighted by Gasteiger charge is 2.08. The van der Waals surface area contributed by atoms with Gasteiger partial charge in [-0.15, -0.1) is 24.8 Å². The molecule has 0 aliphatic rings. The van der Waals surface area contributed by atoms with Crippen molar-refractivity contribution in [2.24, 2.45) is 0 Å². The van der Waals surface area contributed by atoms with Crippen LogP contribution in [0.1, 0.15) is 16.1 Å². The topological polar surface area (TPSA) is 60.7 Å². The molecule has 1 aromatic carbocycles. The number of benzene rings is 1. The number of methoxy groups -OCH3 is 2. The van der Waals surface area contributed by atoms with Crippen molar-refractivity contribution < 1.29 is 18.7 Å². The van der Waals surface area contributed by atoms with Gasteiger partial charge in [0, 0.05) is 19.2 Å². The van der Waals surface area contributed by atoms with E-state index in [4.69, 9.17) is 9.15 Å². The van der Waals surface area contributed by atoms with Gasteiger partial charge in [0.1, 0.15) is 11.5 Å². The maximum atomic E-state index is 11.4. The van der Waals surface area contributed by atoms with Crippen molar-refractivity contribution in [3.05, 3.63) is 47.7 Å². The second-order valence-electron chi connectivity index (χ2n) is 4.50. The third-order valence-electron chi connectivity index (χ3n) is 3.03. The first kappa shape index (κ1) is 21.5. The highest BCUT2D eigenvalue weighted by molar-refractivity contribution is 5.89. The minimum atomic E-state index is -0.343. The molecule has 0 fully saturated rings. The van der Waals surface area contributed by atoms with E-state index in [-0.39, 0.29) is 30.8 Å². The summed E-state index contributed by atoms with van der Waals surface area (Å²) < 4.78 is 15.4. The van der Waals surface area contributed by atoms with Crippen molar-refractivity contribution in [2.45, 2.75) is 6.54 Å². The maximum Gasteiger partial charge on any atom is 0.337 e. The maximum absolute atomic E-state index is 11.4. The van der Waals surface area contributed by atoms with Gasteiger partial charge >= 0.3 is 5.97 Å². The molecule has 7 heteroatoms. The Hall–Kier alpha value is -1.53. The van der Waals surface area contributed by atoms with Crippen molar-refractivity contribution in [3.8, 4) is 11.3 Å². The fourth-order valence-corrected chi connectivity index (χ4v) is 1.90. The number of ether oxygens (including phenoxy) is 2. The fourth-order valence-electron chi connectivity index (χ4n) is 1.90. The summed E-state index contributed by atoms with van der Waals surface area (Å²) in [7, 11) is 3.04. The van der Waals surface area contributed by atoms with Crippen LogP contribution >= 0.6 is 24.8 Å². The number of rotatable bonds is 7. The van der Waals surface area contributed by atoms with Gasteiger partial charge in [0.15, 0.2) is 0 Å². The van der Waals surface area contributed by atoms with Crippen LogP contribution in [0.5, 0.6) is 0 Å². The van der Waals surface area contributed by atoms with E-state index < -0.39 is 0 Å². The standard InChI is InChI=1S/C16H19NO4.2ClH/c1-19-10-9-17-11-14-7-8-15(21-14)12-3-5-13(6-4-12)16(18)20-2;;/h3-8,17H,9-11H2,1-2H3;2*1H. The molecule has 23 heavy (non-hydrogen) atoms. The molecule has 1 N–H and O–H groups in total. The summed E-state index contributed by atoms with van der Waals surface area (Å²) in [6.07, 6.45) is 0. The summed E-state index contributed by atoms with van der Waals surface area (Å²) >= 11 is 0. The van der Waals surface area contributed by atoms with Crippen LogP contribution in [-0.2, 0) is 16.0 Å². The Kier molecular flexibility index (Phi) is 10.3. The number of carbonyl (C=O) groups is 1. The quantitative estimate of drug-likeness (QED) is 0.605. The lowest BCUT2D eigenvalue weighted by molar-refractivity contribution is 0.0600. The van der Waals surface area contributed by atoms with Crippen LogP contribution in [0.25, 0.3) is 11.3 Å². The molecule has 0 spiro atoms. The number of esters is 1. The largest absolute Gasteiger partial charge is 0.465 e. The molecule has 0 atom stereocenters. The molecule has 2 rings (SSSR count). The summed E-state index contributed by atoms with van der Waals surface area (Å²) in [5, 5.41) is 3.22. The molecule has 0 aliphatic carbocycles. The number of nitrogens with one attached hydrogen (secondary N) is 1. The van der Waals surface area contributed by atoms with Gasteiger partial charge in [-0.1, -0.05) is 12.1 Å².